The predicted octanol–water partition coefficient (Wildman–Crippen LogP) is 3.83. The molecule has 0 spiro atoms. The molecule has 1 aliphatic rings. The van der Waals surface area contributed by atoms with Crippen molar-refractivity contribution in [3.8, 4) is 11.5 Å². The second kappa shape index (κ2) is 8.29. The van der Waals surface area contributed by atoms with E-state index in [-0.39, 0.29) is 15.8 Å². The van der Waals surface area contributed by atoms with E-state index in [0.717, 1.165) is 18.6 Å². The number of halogens is 1. The van der Waals surface area contributed by atoms with Crippen molar-refractivity contribution in [3.63, 3.8) is 0 Å². The molecule has 0 saturated carbocycles. The van der Waals surface area contributed by atoms with Crippen LogP contribution < -0.4 is 9.47 Å². The molecule has 0 N–H and O–H groups in total. The molecule has 7 heteroatoms. The number of nitrogens with zero attached hydrogens (tertiary/aromatic N) is 1. The Balaban J connectivity index is 1.68. The molecule has 140 valence electrons. The molecule has 0 aliphatic carbocycles. The fourth-order valence-corrected chi connectivity index (χ4v) is 4.97. The summed E-state index contributed by atoms with van der Waals surface area (Å²) >= 11 is 6.09. The molecule has 0 amide bonds. The van der Waals surface area contributed by atoms with Crippen LogP contribution in [0.1, 0.15) is 12.8 Å². The third-order valence-corrected chi connectivity index (χ3v) is 6.63. The van der Waals surface area contributed by atoms with Crippen LogP contribution in [0.5, 0.6) is 11.5 Å². The lowest BCUT2D eigenvalue weighted by atomic mass is 10.0. The summed E-state index contributed by atoms with van der Waals surface area (Å²) in [5.41, 5.74) is 0. The highest BCUT2D eigenvalue weighted by atomic mass is 35.5. The Morgan fingerprint density at radius 3 is 2.65 bits per heavy atom. The molecule has 0 aromatic heterocycles. The van der Waals surface area contributed by atoms with Gasteiger partial charge in [-0.3, -0.25) is 0 Å². The summed E-state index contributed by atoms with van der Waals surface area (Å²) in [5.74, 6) is 1.42. The van der Waals surface area contributed by atoms with Crippen LogP contribution in [0, 0.1) is 5.92 Å². The average molecular weight is 396 g/mol. The number of methoxy groups -OCH3 is 1. The van der Waals surface area contributed by atoms with Crippen LogP contribution in [-0.4, -0.2) is 39.5 Å². The Morgan fingerprint density at radius 1 is 1.19 bits per heavy atom. The van der Waals surface area contributed by atoms with Crippen molar-refractivity contribution in [2.24, 2.45) is 5.92 Å². The quantitative estimate of drug-likeness (QED) is 0.745. The monoisotopic (exact) mass is 395 g/mol. The van der Waals surface area contributed by atoms with Crippen LogP contribution in [0.4, 0.5) is 0 Å². The van der Waals surface area contributed by atoms with Gasteiger partial charge in [-0.2, -0.15) is 4.31 Å². The van der Waals surface area contributed by atoms with Gasteiger partial charge in [-0.05, 0) is 43.2 Å². The van der Waals surface area contributed by atoms with E-state index in [9.17, 15) is 8.42 Å². The summed E-state index contributed by atoms with van der Waals surface area (Å²) in [6.45, 7) is 1.45. The summed E-state index contributed by atoms with van der Waals surface area (Å²) < 4.78 is 38.3. The highest BCUT2D eigenvalue weighted by Crippen LogP contribution is 2.30. The van der Waals surface area contributed by atoms with Crippen LogP contribution in [0.2, 0.25) is 5.02 Å². The fourth-order valence-electron chi connectivity index (χ4n) is 3.07. The Hall–Kier alpha value is -1.76. The molecular formula is C19H22ClNO4S. The van der Waals surface area contributed by atoms with Crippen molar-refractivity contribution in [1.82, 2.24) is 4.31 Å². The van der Waals surface area contributed by atoms with Gasteiger partial charge in [0.25, 0.3) is 0 Å². The van der Waals surface area contributed by atoms with Crippen molar-refractivity contribution < 1.29 is 17.9 Å². The smallest absolute Gasteiger partial charge is 0.243 e. The normalized spacial score (nSPS) is 18.5. The van der Waals surface area contributed by atoms with Gasteiger partial charge in [-0.15, -0.1) is 0 Å². The maximum Gasteiger partial charge on any atom is 0.243 e. The number of rotatable bonds is 6. The van der Waals surface area contributed by atoms with E-state index in [1.807, 2.05) is 30.3 Å². The van der Waals surface area contributed by atoms with Gasteiger partial charge in [0.1, 0.15) is 11.5 Å². The number of piperidine rings is 1. The van der Waals surface area contributed by atoms with Gasteiger partial charge in [0.15, 0.2) is 0 Å². The van der Waals surface area contributed by atoms with Gasteiger partial charge < -0.3 is 9.47 Å². The lowest BCUT2D eigenvalue weighted by molar-refractivity contribution is 0.180. The summed E-state index contributed by atoms with van der Waals surface area (Å²) in [5, 5.41) is 0.287. The van der Waals surface area contributed by atoms with E-state index in [4.69, 9.17) is 21.1 Å². The minimum absolute atomic E-state index is 0.160. The number of hydrogen-bond donors (Lipinski definition) is 0. The van der Waals surface area contributed by atoms with Gasteiger partial charge in [0, 0.05) is 19.0 Å². The second-order valence-electron chi connectivity index (χ2n) is 6.29. The lowest BCUT2D eigenvalue weighted by Crippen LogP contribution is -2.41. The standard InChI is InChI=1S/C19H22ClNO4S/c1-24-19-10-9-17(12-18(19)20)26(22,23)21-11-5-6-15(13-21)14-25-16-7-3-2-4-8-16/h2-4,7-10,12,15H,5-6,11,13-14H2,1H3. The second-order valence-corrected chi connectivity index (χ2v) is 8.64. The zero-order chi connectivity index (χ0) is 18.6. The van der Waals surface area contributed by atoms with Crippen LogP contribution in [-0.2, 0) is 10.0 Å². The summed E-state index contributed by atoms with van der Waals surface area (Å²) in [7, 11) is -2.09. The van der Waals surface area contributed by atoms with Gasteiger partial charge >= 0.3 is 0 Å². The molecule has 0 radical (unpaired) electrons. The van der Waals surface area contributed by atoms with Crippen molar-refractivity contribution in [2.45, 2.75) is 17.7 Å². The number of ether oxygens (including phenoxy) is 2. The third-order valence-electron chi connectivity index (χ3n) is 4.47. The molecule has 5 nitrogen and oxygen atoms in total. The Kier molecular flexibility index (Phi) is 6.06. The Morgan fingerprint density at radius 2 is 1.96 bits per heavy atom. The molecule has 1 heterocycles. The molecule has 1 unspecified atom stereocenters. The van der Waals surface area contributed by atoms with Crippen molar-refractivity contribution in [2.75, 3.05) is 26.8 Å². The first-order valence-corrected chi connectivity index (χ1v) is 10.3. The minimum Gasteiger partial charge on any atom is -0.495 e. The molecule has 2 aromatic rings. The van der Waals surface area contributed by atoms with Crippen molar-refractivity contribution in [1.29, 1.82) is 0 Å². The molecule has 26 heavy (non-hydrogen) atoms. The summed E-state index contributed by atoms with van der Waals surface area (Å²) in [6.07, 6.45) is 1.76. The van der Waals surface area contributed by atoms with Crippen molar-refractivity contribution >= 4 is 21.6 Å². The summed E-state index contributed by atoms with van der Waals surface area (Å²) in [6, 6.07) is 14.1. The number of para-hydroxylation sites is 1. The molecule has 0 bridgehead atoms. The fraction of sp³-hybridized carbons (Fsp3) is 0.368. The molecule has 1 fully saturated rings. The lowest BCUT2D eigenvalue weighted by Gasteiger charge is -2.31. The largest absolute Gasteiger partial charge is 0.495 e. The first kappa shape index (κ1) is 19.0. The molecular weight excluding hydrogens is 374 g/mol. The zero-order valence-corrected chi connectivity index (χ0v) is 16.2. The Labute approximate surface area is 159 Å². The highest BCUT2D eigenvalue weighted by Gasteiger charge is 2.31. The zero-order valence-electron chi connectivity index (χ0n) is 14.6. The van der Waals surface area contributed by atoms with Crippen LogP contribution in [0.15, 0.2) is 53.4 Å². The predicted molar refractivity (Wildman–Crippen MR) is 101 cm³/mol. The molecule has 1 saturated heterocycles. The van der Waals surface area contributed by atoms with E-state index in [2.05, 4.69) is 0 Å². The molecule has 1 atom stereocenters. The number of hydrogen-bond acceptors (Lipinski definition) is 4. The molecule has 2 aromatic carbocycles. The van der Waals surface area contributed by atoms with E-state index in [1.54, 1.807) is 6.07 Å². The SMILES string of the molecule is COc1ccc(S(=O)(=O)N2CCCC(COc3ccccc3)C2)cc1Cl. The third kappa shape index (κ3) is 4.31. The first-order chi connectivity index (χ1) is 12.5. The van der Waals surface area contributed by atoms with Crippen LogP contribution in [0.3, 0.4) is 0 Å². The van der Waals surface area contributed by atoms with Crippen LogP contribution in [0.25, 0.3) is 0 Å². The van der Waals surface area contributed by atoms with E-state index < -0.39 is 10.0 Å². The van der Waals surface area contributed by atoms with Gasteiger partial charge in [0.05, 0.1) is 23.6 Å². The van der Waals surface area contributed by atoms with E-state index >= 15 is 0 Å². The van der Waals surface area contributed by atoms with Crippen LogP contribution >= 0.6 is 11.6 Å². The molecule has 1 aliphatic heterocycles. The van der Waals surface area contributed by atoms with E-state index in [0.29, 0.717) is 25.4 Å². The van der Waals surface area contributed by atoms with Gasteiger partial charge in [-0.1, -0.05) is 29.8 Å². The van der Waals surface area contributed by atoms with Gasteiger partial charge in [-0.25, -0.2) is 8.42 Å². The van der Waals surface area contributed by atoms with Gasteiger partial charge in [0.2, 0.25) is 10.0 Å². The first-order valence-electron chi connectivity index (χ1n) is 8.52. The van der Waals surface area contributed by atoms with Crippen molar-refractivity contribution in [3.05, 3.63) is 53.6 Å². The van der Waals surface area contributed by atoms with E-state index in [1.165, 1.54) is 23.5 Å². The number of benzene rings is 2. The highest BCUT2D eigenvalue weighted by molar-refractivity contribution is 7.89. The molecule has 3 rings (SSSR count). The average Bonchev–Trinajstić information content (AvgIpc) is 2.67. The summed E-state index contributed by atoms with van der Waals surface area (Å²) in [4.78, 5) is 0.188. The number of sulfonamides is 1. The maximum atomic E-state index is 12.9. The maximum absolute atomic E-state index is 12.9. The topological polar surface area (TPSA) is 55.8 Å². The Bertz CT molecular complexity index is 842. The minimum atomic E-state index is -3.59.